The number of nitriles is 1. The first-order valence-corrected chi connectivity index (χ1v) is 7.93. The SMILES string of the molecule is CCCNC(=O)c1ncc2c(-c3cncnc3C#N)c(F)ccc2c1N. The van der Waals surface area contributed by atoms with Crippen LogP contribution in [-0.2, 0) is 0 Å². The second-order valence-corrected chi connectivity index (χ2v) is 5.56. The number of carbonyl (C=O) groups is 1. The van der Waals surface area contributed by atoms with Crippen molar-refractivity contribution in [2.45, 2.75) is 13.3 Å². The summed E-state index contributed by atoms with van der Waals surface area (Å²) in [6.07, 6.45) is 4.73. The molecule has 0 saturated carbocycles. The van der Waals surface area contributed by atoms with E-state index in [1.54, 1.807) is 0 Å². The van der Waals surface area contributed by atoms with Crippen LogP contribution in [-0.4, -0.2) is 27.4 Å². The number of fused-ring (bicyclic) bond motifs is 1. The highest BCUT2D eigenvalue weighted by molar-refractivity contribution is 6.09. The standard InChI is InChI=1S/C18H15FN6O/c1-2-5-23-18(26)17-16(21)10-3-4-13(19)15(11(10)8-24-17)12-7-22-9-25-14(12)6-20/h3-4,7-9H,2,5,21H2,1H3,(H,23,26). The smallest absolute Gasteiger partial charge is 0.272 e. The Bertz CT molecular complexity index is 1040. The fraction of sp³-hybridized carbons (Fsp3) is 0.167. The fourth-order valence-corrected chi connectivity index (χ4v) is 2.67. The summed E-state index contributed by atoms with van der Waals surface area (Å²) >= 11 is 0. The molecule has 1 amide bonds. The Labute approximate surface area is 148 Å². The molecule has 0 fully saturated rings. The van der Waals surface area contributed by atoms with Crippen molar-refractivity contribution in [2.24, 2.45) is 0 Å². The lowest BCUT2D eigenvalue weighted by atomic mass is 9.97. The largest absolute Gasteiger partial charge is 0.396 e. The van der Waals surface area contributed by atoms with Gasteiger partial charge < -0.3 is 11.1 Å². The van der Waals surface area contributed by atoms with Gasteiger partial charge in [0.2, 0.25) is 0 Å². The number of nitrogens with two attached hydrogens (primary N) is 1. The molecule has 0 spiro atoms. The zero-order valence-electron chi connectivity index (χ0n) is 14.0. The van der Waals surface area contributed by atoms with Gasteiger partial charge in [-0.3, -0.25) is 4.79 Å². The molecule has 1 aromatic carbocycles. The highest BCUT2D eigenvalue weighted by Crippen LogP contribution is 2.35. The first-order chi connectivity index (χ1) is 12.6. The Balaban J connectivity index is 2.24. The minimum atomic E-state index is -0.562. The van der Waals surface area contributed by atoms with E-state index in [2.05, 4.69) is 20.3 Å². The van der Waals surface area contributed by atoms with Gasteiger partial charge in [0.05, 0.1) is 5.69 Å². The van der Waals surface area contributed by atoms with E-state index in [9.17, 15) is 14.4 Å². The van der Waals surface area contributed by atoms with Crippen molar-refractivity contribution < 1.29 is 9.18 Å². The summed E-state index contributed by atoms with van der Waals surface area (Å²) in [7, 11) is 0. The van der Waals surface area contributed by atoms with Crippen LogP contribution in [0.5, 0.6) is 0 Å². The van der Waals surface area contributed by atoms with E-state index in [0.29, 0.717) is 17.3 Å². The van der Waals surface area contributed by atoms with Gasteiger partial charge in [-0.1, -0.05) is 6.92 Å². The summed E-state index contributed by atoms with van der Waals surface area (Å²) in [5.41, 5.74) is 6.74. The fourth-order valence-electron chi connectivity index (χ4n) is 2.67. The number of carbonyl (C=O) groups excluding carboxylic acids is 1. The molecule has 26 heavy (non-hydrogen) atoms. The van der Waals surface area contributed by atoms with Crippen molar-refractivity contribution in [1.29, 1.82) is 5.26 Å². The van der Waals surface area contributed by atoms with Crippen LogP contribution >= 0.6 is 0 Å². The molecule has 8 heteroatoms. The topological polar surface area (TPSA) is 118 Å². The molecule has 0 aliphatic heterocycles. The maximum atomic E-state index is 14.6. The molecule has 0 bridgehead atoms. The van der Waals surface area contributed by atoms with E-state index in [4.69, 9.17) is 5.73 Å². The van der Waals surface area contributed by atoms with Crippen LogP contribution in [0.4, 0.5) is 10.1 Å². The molecule has 3 rings (SSSR count). The van der Waals surface area contributed by atoms with Gasteiger partial charge in [-0.25, -0.2) is 19.3 Å². The van der Waals surface area contributed by atoms with Crippen molar-refractivity contribution in [3.05, 3.63) is 48.1 Å². The molecule has 0 aliphatic rings. The van der Waals surface area contributed by atoms with Crippen molar-refractivity contribution >= 4 is 22.4 Å². The number of anilines is 1. The molecule has 3 N–H and O–H groups in total. The van der Waals surface area contributed by atoms with E-state index in [-0.39, 0.29) is 28.2 Å². The van der Waals surface area contributed by atoms with Gasteiger partial charge >= 0.3 is 0 Å². The summed E-state index contributed by atoms with van der Waals surface area (Å²) in [4.78, 5) is 24.1. The summed E-state index contributed by atoms with van der Waals surface area (Å²) in [5, 5.41) is 12.8. The number of benzene rings is 1. The Morgan fingerprint density at radius 1 is 1.31 bits per heavy atom. The normalized spacial score (nSPS) is 10.5. The zero-order valence-corrected chi connectivity index (χ0v) is 14.0. The van der Waals surface area contributed by atoms with Crippen molar-refractivity contribution in [2.75, 3.05) is 12.3 Å². The molecule has 3 aromatic rings. The molecular weight excluding hydrogens is 335 g/mol. The lowest BCUT2D eigenvalue weighted by molar-refractivity contribution is 0.0950. The Kier molecular flexibility index (Phi) is 4.71. The van der Waals surface area contributed by atoms with Crippen LogP contribution in [0.3, 0.4) is 0 Å². The quantitative estimate of drug-likeness (QED) is 0.746. The van der Waals surface area contributed by atoms with Crippen LogP contribution in [0.1, 0.15) is 29.5 Å². The van der Waals surface area contributed by atoms with Crippen molar-refractivity contribution in [1.82, 2.24) is 20.3 Å². The number of halogens is 1. The molecule has 0 aliphatic carbocycles. The summed E-state index contributed by atoms with van der Waals surface area (Å²) in [6.45, 7) is 2.43. The lowest BCUT2D eigenvalue weighted by Crippen LogP contribution is -2.26. The Hall–Kier alpha value is -3.60. The monoisotopic (exact) mass is 350 g/mol. The predicted molar refractivity (Wildman–Crippen MR) is 94.5 cm³/mol. The summed E-state index contributed by atoms with van der Waals surface area (Å²) in [5.74, 6) is -0.953. The molecule has 2 heterocycles. The number of nitrogens with one attached hydrogen (secondary N) is 1. The van der Waals surface area contributed by atoms with Crippen LogP contribution in [0, 0.1) is 17.1 Å². The Morgan fingerprint density at radius 3 is 2.85 bits per heavy atom. The molecule has 0 unspecified atom stereocenters. The van der Waals surface area contributed by atoms with Crippen LogP contribution in [0.2, 0.25) is 0 Å². The van der Waals surface area contributed by atoms with Gasteiger partial charge in [0.15, 0.2) is 11.4 Å². The number of aromatic nitrogens is 3. The van der Waals surface area contributed by atoms with Gasteiger partial charge in [-0.2, -0.15) is 5.26 Å². The minimum Gasteiger partial charge on any atom is -0.396 e. The number of nitrogen functional groups attached to an aromatic ring is 1. The molecule has 2 aromatic heterocycles. The highest BCUT2D eigenvalue weighted by atomic mass is 19.1. The third-order valence-corrected chi connectivity index (χ3v) is 3.90. The van der Waals surface area contributed by atoms with Crippen molar-refractivity contribution in [3.63, 3.8) is 0 Å². The van der Waals surface area contributed by atoms with E-state index >= 15 is 0 Å². The average Bonchev–Trinajstić information content (AvgIpc) is 2.66. The third-order valence-electron chi connectivity index (χ3n) is 3.90. The van der Waals surface area contributed by atoms with E-state index in [1.807, 2.05) is 13.0 Å². The van der Waals surface area contributed by atoms with Crippen molar-refractivity contribution in [3.8, 4) is 17.2 Å². The first-order valence-electron chi connectivity index (χ1n) is 7.93. The first kappa shape index (κ1) is 17.2. The van der Waals surface area contributed by atoms with Crippen LogP contribution < -0.4 is 11.1 Å². The molecule has 130 valence electrons. The molecular formula is C18H15FN6O. The molecule has 0 saturated heterocycles. The molecule has 0 atom stereocenters. The van der Waals surface area contributed by atoms with Gasteiger partial charge in [0, 0.05) is 40.8 Å². The maximum Gasteiger partial charge on any atom is 0.272 e. The van der Waals surface area contributed by atoms with Crippen LogP contribution in [0.25, 0.3) is 21.9 Å². The third kappa shape index (κ3) is 2.91. The van der Waals surface area contributed by atoms with E-state index in [1.165, 1.54) is 30.9 Å². The second-order valence-electron chi connectivity index (χ2n) is 5.56. The number of nitrogens with zero attached hydrogens (tertiary/aromatic N) is 4. The maximum absolute atomic E-state index is 14.6. The summed E-state index contributed by atoms with van der Waals surface area (Å²) in [6, 6.07) is 4.64. The highest BCUT2D eigenvalue weighted by Gasteiger charge is 2.19. The second kappa shape index (κ2) is 7.11. The number of amides is 1. The number of rotatable bonds is 4. The predicted octanol–water partition coefficient (Wildman–Crippen LogP) is 2.42. The minimum absolute atomic E-state index is 0.0368. The van der Waals surface area contributed by atoms with E-state index in [0.717, 1.165) is 6.42 Å². The van der Waals surface area contributed by atoms with Gasteiger partial charge in [-0.15, -0.1) is 0 Å². The van der Waals surface area contributed by atoms with Gasteiger partial charge in [0.1, 0.15) is 18.2 Å². The average molecular weight is 350 g/mol. The van der Waals surface area contributed by atoms with E-state index < -0.39 is 11.7 Å². The zero-order chi connectivity index (χ0) is 18.7. The number of hydrogen-bond acceptors (Lipinski definition) is 6. The Morgan fingerprint density at radius 2 is 2.12 bits per heavy atom. The number of hydrogen-bond donors (Lipinski definition) is 2. The van der Waals surface area contributed by atoms with Gasteiger partial charge in [0.25, 0.3) is 5.91 Å². The van der Waals surface area contributed by atoms with Gasteiger partial charge in [-0.05, 0) is 18.6 Å². The van der Waals surface area contributed by atoms with Crippen LogP contribution in [0.15, 0.2) is 30.9 Å². The summed E-state index contributed by atoms with van der Waals surface area (Å²) < 4.78 is 14.6. The molecule has 7 nitrogen and oxygen atoms in total. The molecule has 0 radical (unpaired) electrons. The number of pyridine rings is 1. The lowest BCUT2D eigenvalue weighted by Gasteiger charge is -2.12.